The second-order valence-corrected chi connectivity index (χ2v) is 6.42. The van der Waals surface area contributed by atoms with Crippen LogP contribution in [-0.4, -0.2) is 29.5 Å². The van der Waals surface area contributed by atoms with Crippen molar-refractivity contribution in [3.05, 3.63) is 23.9 Å². The Hall–Kier alpha value is -1.09. The molecular weight excluding hydrogens is 258 g/mol. The van der Waals surface area contributed by atoms with Gasteiger partial charge >= 0.3 is 0 Å². The molecule has 0 radical (unpaired) electrons. The zero-order valence-corrected chi connectivity index (χ0v) is 14.0. The summed E-state index contributed by atoms with van der Waals surface area (Å²) in [5.74, 6) is 1.07. The Morgan fingerprint density at radius 2 is 1.90 bits per heavy atom. The number of nitrogens with zero attached hydrogens (tertiary/aromatic N) is 2. The first-order chi connectivity index (χ1) is 10.2. The molecule has 118 valence electrons. The molecule has 1 N–H and O–H groups in total. The van der Waals surface area contributed by atoms with E-state index in [0.717, 1.165) is 25.3 Å². The van der Waals surface area contributed by atoms with Gasteiger partial charge in [-0.25, -0.2) is 4.98 Å². The Balaban J connectivity index is 1.94. The number of pyridine rings is 1. The van der Waals surface area contributed by atoms with Crippen LogP contribution >= 0.6 is 0 Å². The van der Waals surface area contributed by atoms with Crippen molar-refractivity contribution in [1.29, 1.82) is 0 Å². The van der Waals surface area contributed by atoms with Crippen LogP contribution in [0.1, 0.15) is 58.4 Å². The standard InChI is InChI=1S/C18H31N3/c1-4-11-19-17-16(8-7-12-20-17)15-21-13-9-18(5-2,6-3)10-14-21/h7-8,12H,4-6,9-11,13-15H2,1-3H3,(H,19,20). The maximum Gasteiger partial charge on any atom is 0.130 e. The molecule has 2 heterocycles. The van der Waals surface area contributed by atoms with Crippen molar-refractivity contribution >= 4 is 5.82 Å². The summed E-state index contributed by atoms with van der Waals surface area (Å²) in [6.45, 7) is 11.4. The quantitative estimate of drug-likeness (QED) is 0.811. The number of hydrogen-bond donors (Lipinski definition) is 1. The van der Waals surface area contributed by atoms with E-state index in [9.17, 15) is 0 Å². The van der Waals surface area contributed by atoms with E-state index in [-0.39, 0.29) is 0 Å². The largest absolute Gasteiger partial charge is 0.370 e. The molecule has 1 fully saturated rings. The molecule has 3 nitrogen and oxygen atoms in total. The van der Waals surface area contributed by atoms with Gasteiger partial charge in [0.25, 0.3) is 0 Å². The minimum Gasteiger partial charge on any atom is -0.370 e. The van der Waals surface area contributed by atoms with Crippen LogP contribution in [0.5, 0.6) is 0 Å². The molecule has 21 heavy (non-hydrogen) atoms. The summed E-state index contributed by atoms with van der Waals surface area (Å²) >= 11 is 0. The highest BCUT2D eigenvalue weighted by Crippen LogP contribution is 2.38. The van der Waals surface area contributed by atoms with Crippen molar-refractivity contribution < 1.29 is 0 Å². The highest BCUT2D eigenvalue weighted by molar-refractivity contribution is 5.43. The molecule has 1 aliphatic rings. The van der Waals surface area contributed by atoms with Crippen LogP contribution in [0.25, 0.3) is 0 Å². The van der Waals surface area contributed by atoms with Crippen molar-refractivity contribution in [2.24, 2.45) is 5.41 Å². The predicted molar refractivity (Wildman–Crippen MR) is 90.5 cm³/mol. The molecule has 0 saturated carbocycles. The van der Waals surface area contributed by atoms with Crippen LogP contribution < -0.4 is 5.32 Å². The van der Waals surface area contributed by atoms with Gasteiger partial charge in [0, 0.05) is 24.8 Å². The molecular formula is C18H31N3. The Bertz CT molecular complexity index is 416. The summed E-state index contributed by atoms with van der Waals surface area (Å²) in [7, 11) is 0. The minimum atomic E-state index is 0.606. The minimum absolute atomic E-state index is 0.606. The van der Waals surface area contributed by atoms with Crippen LogP contribution in [0.3, 0.4) is 0 Å². The number of nitrogens with one attached hydrogen (secondary N) is 1. The lowest BCUT2D eigenvalue weighted by Gasteiger charge is -2.41. The summed E-state index contributed by atoms with van der Waals surface area (Å²) in [6.07, 6.45) is 8.36. The third kappa shape index (κ3) is 4.19. The van der Waals surface area contributed by atoms with Gasteiger partial charge in [-0.05, 0) is 43.8 Å². The average Bonchev–Trinajstić information content (AvgIpc) is 2.55. The van der Waals surface area contributed by atoms with Gasteiger partial charge in [-0.15, -0.1) is 0 Å². The monoisotopic (exact) mass is 289 g/mol. The molecule has 0 unspecified atom stereocenters. The SMILES string of the molecule is CCCNc1ncccc1CN1CCC(CC)(CC)CC1. The van der Waals surface area contributed by atoms with Gasteiger partial charge in [-0.2, -0.15) is 0 Å². The Morgan fingerprint density at radius 3 is 2.52 bits per heavy atom. The van der Waals surface area contributed by atoms with E-state index in [1.807, 2.05) is 6.20 Å². The number of aromatic nitrogens is 1. The lowest BCUT2D eigenvalue weighted by Crippen LogP contribution is -2.39. The Labute approximate surface area is 130 Å². The molecule has 3 heteroatoms. The van der Waals surface area contributed by atoms with Gasteiger partial charge in [0.1, 0.15) is 5.82 Å². The Kier molecular flexibility index (Phi) is 6.04. The molecule has 1 aromatic rings. The van der Waals surface area contributed by atoms with Gasteiger partial charge in [0.05, 0.1) is 0 Å². The fraction of sp³-hybridized carbons (Fsp3) is 0.722. The van der Waals surface area contributed by atoms with Crippen LogP contribution in [0.15, 0.2) is 18.3 Å². The van der Waals surface area contributed by atoms with E-state index in [4.69, 9.17) is 0 Å². The maximum atomic E-state index is 4.50. The van der Waals surface area contributed by atoms with Crippen molar-refractivity contribution in [2.45, 2.75) is 59.4 Å². The molecule has 0 aromatic carbocycles. The van der Waals surface area contributed by atoms with Crippen LogP contribution in [0.4, 0.5) is 5.82 Å². The van der Waals surface area contributed by atoms with Crippen LogP contribution in [-0.2, 0) is 6.54 Å². The second-order valence-electron chi connectivity index (χ2n) is 6.42. The first kappa shape index (κ1) is 16.3. The van der Waals surface area contributed by atoms with E-state index >= 15 is 0 Å². The van der Waals surface area contributed by atoms with E-state index in [1.54, 1.807) is 0 Å². The van der Waals surface area contributed by atoms with Gasteiger partial charge in [-0.1, -0.05) is 39.7 Å². The normalized spacial score (nSPS) is 18.6. The lowest BCUT2D eigenvalue weighted by molar-refractivity contribution is 0.0909. The highest BCUT2D eigenvalue weighted by Gasteiger charge is 2.31. The molecule has 1 aliphatic heterocycles. The third-order valence-corrected chi connectivity index (χ3v) is 5.24. The van der Waals surface area contributed by atoms with E-state index < -0.39 is 0 Å². The average molecular weight is 289 g/mol. The molecule has 0 aliphatic carbocycles. The number of hydrogen-bond acceptors (Lipinski definition) is 3. The molecule has 0 amide bonds. The fourth-order valence-electron chi connectivity index (χ4n) is 3.35. The zero-order chi connectivity index (χ0) is 15.1. The fourth-order valence-corrected chi connectivity index (χ4v) is 3.35. The molecule has 0 bridgehead atoms. The topological polar surface area (TPSA) is 28.2 Å². The maximum absolute atomic E-state index is 4.50. The number of rotatable bonds is 7. The molecule has 1 aromatic heterocycles. The highest BCUT2D eigenvalue weighted by atomic mass is 15.1. The lowest BCUT2D eigenvalue weighted by atomic mass is 9.74. The second kappa shape index (κ2) is 7.79. The van der Waals surface area contributed by atoms with Gasteiger partial charge in [0.15, 0.2) is 0 Å². The molecule has 2 rings (SSSR count). The van der Waals surface area contributed by atoms with E-state index in [2.05, 4.69) is 48.1 Å². The Morgan fingerprint density at radius 1 is 1.19 bits per heavy atom. The van der Waals surface area contributed by atoms with Gasteiger partial charge in [-0.3, -0.25) is 4.90 Å². The predicted octanol–water partition coefficient (Wildman–Crippen LogP) is 4.31. The zero-order valence-electron chi connectivity index (χ0n) is 14.0. The summed E-state index contributed by atoms with van der Waals surface area (Å²) < 4.78 is 0. The van der Waals surface area contributed by atoms with Crippen LogP contribution in [0, 0.1) is 5.41 Å². The first-order valence-corrected chi connectivity index (χ1v) is 8.63. The van der Waals surface area contributed by atoms with Crippen molar-refractivity contribution in [3.63, 3.8) is 0 Å². The van der Waals surface area contributed by atoms with Gasteiger partial charge < -0.3 is 5.32 Å². The molecule has 1 saturated heterocycles. The number of piperidine rings is 1. The summed E-state index contributed by atoms with van der Waals surface area (Å²) in [4.78, 5) is 7.10. The molecule has 0 spiro atoms. The first-order valence-electron chi connectivity index (χ1n) is 8.63. The van der Waals surface area contributed by atoms with E-state index in [0.29, 0.717) is 5.41 Å². The van der Waals surface area contributed by atoms with Gasteiger partial charge in [0.2, 0.25) is 0 Å². The van der Waals surface area contributed by atoms with E-state index in [1.165, 1.54) is 44.3 Å². The summed E-state index contributed by atoms with van der Waals surface area (Å²) in [6, 6.07) is 4.27. The van der Waals surface area contributed by atoms with Crippen molar-refractivity contribution in [1.82, 2.24) is 9.88 Å². The smallest absolute Gasteiger partial charge is 0.130 e. The molecule has 0 atom stereocenters. The van der Waals surface area contributed by atoms with Crippen molar-refractivity contribution in [3.8, 4) is 0 Å². The summed E-state index contributed by atoms with van der Waals surface area (Å²) in [5, 5.41) is 3.45. The third-order valence-electron chi connectivity index (χ3n) is 5.24. The summed E-state index contributed by atoms with van der Waals surface area (Å²) in [5.41, 5.74) is 1.95. The number of anilines is 1. The number of likely N-dealkylation sites (tertiary alicyclic amines) is 1. The van der Waals surface area contributed by atoms with Crippen molar-refractivity contribution in [2.75, 3.05) is 25.0 Å². The van der Waals surface area contributed by atoms with Crippen LogP contribution in [0.2, 0.25) is 0 Å².